The molecule has 108 valence electrons. The highest BCUT2D eigenvalue weighted by Crippen LogP contribution is 2.26. The molecule has 0 atom stereocenters. The number of nitrogens with two attached hydrogens (primary N) is 1. The minimum absolute atomic E-state index is 0.00652. The van der Waals surface area contributed by atoms with Crippen molar-refractivity contribution in [1.29, 1.82) is 0 Å². The molecule has 1 aliphatic rings. The van der Waals surface area contributed by atoms with Crippen molar-refractivity contribution in [2.75, 3.05) is 19.4 Å². The van der Waals surface area contributed by atoms with Crippen LogP contribution in [0.2, 0.25) is 0 Å². The topological polar surface area (TPSA) is 55.6 Å². The molecule has 0 aliphatic carbocycles. The predicted molar refractivity (Wildman–Crippen MR) is 82.3 cm³/mol. The van der Waals surface area contributed by atoms with Crippen LogP contribution < -0.4 is 10.5 Å². The third-order valence-electron chi connectivity index (χ3n) is 3.75. The number of nitrogen functional groups attached to an aromatic ring is 1. The van der Waals surface area contributed by atoms with Gasteiger partial charge in [0.15, 0.2) is 0 Å². The number of benzene rings is 2. The van der Waals surface area contributed by atoms with Gasteiger partial charge in [-0.15, -0.1) is 0 Å². The Morgan fingerprint density at radius 1 is 1.29 bits per heavy atom. The molecule has 0 radical (unpaired) electrons. The molecule has 1 heterocycles. The molecule has 0 aromatic heterocycles. The van der Waals surface area contributed by atoms with E-state index in [0.29, 0.717) is 24.4 Å². The number of carbonyl (C=O) groups excluding carboxylic acids is 1. The van der Waals surface area contributed by atoms with Crippen molar-refractivity contribution in [3.63, 3.8) is 0 Å². The molecule has 0 unspecified atom stereocenters. The molecule has 0 saturated carbocycles. The molecule has 21 heavy (non-hydrogen) atoms. The van der Waals surface area contributed by atoms with Crippen molar-refractivity contribution in [1.82, 2.24) is 4.90 Å². The van der Waals surface area contributed by atoms with Crippen LogP contribution in [0.3, 0.4) is 0 Å². The van der Waals surface area contributed by atoms with E-state index in [4.69, 9.17) is 10.5 Å². The minimum Gasteiger partial charge on any atom is -0.493 e. The summed E-state index contributed by atoms with van der Waals surface area (Å²) in [6.45, 7) is 1.20. The first-order valence-corrected chi connectivity index (χ1v) is 7.00. The molecule has 2 aromatic carbocycles. The molecule has 1 amide bonds. The molecule has 4 nitrogen and oxygen atoms in total. The largest absolute Gasteiger partial charge is 0.493 e. The summed E-state index contributed by atoms with van der Waals surface area (Å²) in [7, 11) is 1.79. The molecule has 2 N–H and O–H groups in total. The van der Waals surface area contributed by atoms with Crippen molar-refractivity contribution >= 4 is 11.6 Å². The zero-order chi connectivity index (χ0) is 14.8. The van der Waals surface area contributed by atoms with Crippen molar-refractivity contribution in [3.05, 3.63) is 59.2 Å². The van der Waals surface area contributed by atoms with Crippen molar-refractivity contribution < 1.29 is 9.53 Å². The fourth-order valence-corrected chi connectivity index (χ4v) is 2.55. The van der Waals surface area contributed by atoms with Gasteiger partial charge < -0.3 is 15.4 Å². The molecule has 0 spiro atoms. The van der Waals surface area contributed by atoms with E-state index in [9.17, 15) is 4.79 Å². The Morgan fingerprint density at radius 3 is 2.90 bits per heavy atom. The van der Waals surface area contributed by atoms with Gasteiger partial charge >= 0.3 is 0 Å². The average molecular weight is 282 g/mol. The number of carbonyl (C=O) groups is 1. The molecule has 2 aromatic rings. The van der Waals surface area contributed by atoms with Crippen LogP contribution in [0.4, 0.5) is 5.69 Å². The van der Waals surface area contributed by atoms with E-state index in [0.717, 1.165) is 23.3 Å². The lowest BCUT2D eigenvalue weighted by Gasteiger charge is -2.18. The summed E-state index contributed by atoms with van der Waals surface area (Å²) >= 11 is 0. The molecule has 0 saturated heterocycles. The van der Waals surface area contributed by atoms with E-state index in [1.807, 2.05) is 42.5 Å². The van der Waals surface area contributed by atoms with E-state index in [-0.39, 0.29) is 5.91 Å². The van der Waals surface area contributed by atoms with Crippen LogP contribution in [-0.2, 0) is 13.0 Å². The highest BCUT2D eigenvalue weighted by atomic mass is 16.5. The van der Waals surface area contributed by atoms with Crippen LogP contribution in [0.5, 0.6) is 5.75 Å². The van der Waals surface area contributed by atoms with Gasteiger partial charge in [-0.2, -0.15) is 0 Å². The highest BCUT2D eigenvalue weighted by Gasteiger charge is 2.17. The van der Waals surface area contributed by atoms with Crippen LogP contribution in [0.25, 0.3) is 0 Å². The van der Waals surface area contributed by atoms with E-state index < -0.39 is 0 Å². The summed E-state index contributed by atoms with van der Waals surface area (Å²) in [4.78, 5) is 14.2. The number of hydrogen-bond donors (Lipinski definition) is 1. The van der Waals surface area contributed by atoms with Gasteiger partial charge in [-0.05, 0) is 35.4 Å². The zero-order valence-electron chi connectivity index (χ0n) is 12.0. The molecule has 0 bridgehead atoms. The SMILES string of the molecule is CN(Cc1ccccc1N)C(=O)c1ccc2c(c1)CCO2. The number of nitrogens with zero attached hydrogens (tertiary/aromatic N) is 1. The molecule has 3 rings (SSSR count). The molecule has 1 aliphatic heterocycles. The van der Waals surface area contributed by atoms with Gasteiger partial charge in [-0.3, -0.25) is 4.79 Å². The minimum atomic E-state index is -0.00652. The smallest absolute Gasteiger partial charge is 0.253 e. The van der Waals surface area contributed by atoms with Crippen molar-refractivity contribution in [2.24, 2.45) is 0 Å². The van der Waals surface area contributed by atoms with Crippen LogP contribution in [-0.4, -0.2) is 24.5 Å². The summed E-state index contributed by atoms with van der Waals surface area (Å²) < 4.78 is 5.46. The first-order chi connectivity index (χ1) is 10.1. The van der Waals surface area contributed by atoms with Gasteiger partial charge in [0.1, 0.15) is 5.75 Å². The van der Waals surface area contributed by atoms with Crippen LogP contribution >= 0.6 is 0 Å². The lowest BCUT2D eigenvalue weighted by Crippen LogP contribution is -2.26. The Kier molecular flexibility index (Phi) is 3.52. The normalized spacial score (nSPS) is 12.6. The molecular weight excluding hydrogens is 264 g/mol. The zero-order valence-corrected chi connectivity index (χ0v) is 12.0. The van der Waals surface area contributed by atoms with Gasteiger partial charge in [0, 0.05) is 31.3 Å². The Balaban J connectivity index is 1.77. The summed E-state index contributed by atoms with van der Waals surface area (Å²) in [5.41, 5.74) is 9.39. The van der Waals surface area contributed by atoms with E-state index in [2.05, 4.69) is 0 Å². The molecule has 4 heteroatoms. The summed E-state index contributed by atoms with van der Waals surface area (Å²) in [5.74, 6) is 0.884. The highest BCUT2D eigenvalue weighted by molar-refractivity contribution is 5.94. The maximum absolute atomic E-state index is 12.5. The van der Waals surface area contributed by atoms with E-state index in [1.165, 1.54) is 0 Å². The lowest BCUT2D eigenvalue weighted by molar-refractivity contribution is 0.0785. The molecule has 0 fully saturated rings. The van der Waals surface area contributed by atoms with Gasteiger partial charge in [-0.25, -0.2) is 0 Å². The second-order valence-electron chi connectivity index (χ2n) is 5.28. The van der Waals surface area contributed by atoms with E-state index in [1.54, 1.807) is 11.9 Å². The monoisotopic (exact) mass is 282 g/mol. The van der Waals surface area contributed by atoms with Gasteiger partial charge in [0.25, 0.3) is 5.91 Å². The first kappa shape index (κ1) is 13.5. The van der Waals surface area contributed by atoms with Gasteiger partial charge in [0.2, 0.25) is 0 Å². The van der Waals surface area contributed by atoms with Crippen molar-refractivity contribution in [2.45, 2.75) is 13.0 Å². The third kappa shape index (κ3) is 2.70. The Hall–Kier alpha value is -2.49. The summed E-state index contributed by atoms with van der Waals surface area (Å²) in [6, 6.07) is 13.2. The quantitative estimate of drug-likeness (QED) is 0.880. The second-order valence-corrected chi connectivity index (χ2v) is 5.28. The van der Waals surface area contributed by atoms with Crippen LogP contribution in [0.1, 0.15) is 21.5 Å². The Bertz CT molecular complexity index is 682. The number of ether oxygens (including phenoxy) is 1. The first-order valence-electron chi connectivity index (χ1n) is 7.00. The summed E-state index contributed by atoms with van der Waals surface area (Å²) in [5, 5.41) is 0. The average Bonchev–Trinajstić information content (AvgIpc) is 2.96. The van der Waals surface area contributed by atoms with Crippen molar-refractivity contribution in [3.8, 4) is 5.75 Å². The Labute approximate surface area is 124 Å². The Morgan fingerprint density at radius 2 is 2.10 bits per heavy atom. The number of hydrogen-bond acceptors (Lipinski definition) is 3. The van der Waals surface area contributed by atoms with E-state index >= 15 is 0 Å². The van der Waals surface area contributed by atoms with Crippen LogP contribution in [0, 0.1) is 0 Å². The standard InChI is InChI=1S/C17H18N2O2/c1-19(11-14-4-2-3-5-15(14)18)17(20)13-6-7-16-12(10-13)8-9-21-16/h2-7,10H,8-9,11,18H2,1H3. The summed E-state index contributed by atoms with van der Waals surface area (Å²) in [6.07, 6.45) is 0.867. The number of rotatable bonds is 3. The fraction of sp³-hybridized carbons (Fsp3) is 0.235. The number of fused-ring (bicyclic) bond motifs is 1. The fourth-order valence-electron chi connectivity index (χ4n) is 2.55. The number of amides is 1. The lowest BCUT2D eigenvalue weighted by atomic mass is 10.1. The predicted octanol–water partition coefficient (Wildman–Crippen LogP) is 2.48. The van der Waals surface area contributed by atoms with Crippen LogP contribution in [0.15, 0.2) is 42.5 Å². The molecular formula is C17H18N2O2. The maximum atomic E-state index is 12.5. The maximum Gasteiger partial charge on any atom is 0.253 e. The third-order valence-corrected chi connectivity index (χ3v) is 3.75. The van der Waals surface area contributed by atoms with Gasteiger partial charge in [0.05, 0.1) is 6.61 Å². The van der Waals surface area contributed by atoms with Gasteiger partial charge in [-0.1, -0.05) is 18.2 Å². The number of para-hydroxylation sites is 1. The second kappa shape index (κ2) is 5.48. The number of anilines is 1.